The van der Waals surface area contributed by atoms with Gasteiger partial charge in [0.25, 0.3) is 0 Å². The Kier molecular flexibility index (Phi) is 3.08. The summed E-state index contributed by atoms with van der Waals surface area (Å²) in [5, 5.41) is 22.5. The average Bonchev–Trinajstić information content (AvgIpc) is 2.29. The summed E-state index contributed by atoms with van der Waals surface area (Å²) in [5.74, 6) is -0.259. The number of phenolic OH excluding ortho intramolecular Hbond substituents is 2. The van der Waals surface area contributed by atoms with Crippen LogP contribution in [0.5, 0.6) is 11.5 Å². The molecule has 0 amide bonds. The van der Waals surface area contributed by atoms with Crippen LogP contribution in [0, 0.1) is 0 Å². The minimum Gasteiger partial charge on any atom is -0.504 e. The van der Waals surface area contributed by atoms with Crippen LogP contribution in [0.25, 0.3) is 10.8 Å². The van der Waals surface area contributed by atoms with Gasteiger partial charge in [-0.2, -0.15) is 0 Å². The molecule has 2 aromatic rings. The van der Waals surface area contributed by atoms with Crippen LogP contribution < -0.4 is 5.19 Å². The molecule has 18 heavy (non-hydrogen) atoms. The Morgan fingerprint density at radius 3 is 2.00 bits per heavy atom. The van der Waals surface area contributed by atoms with Crippen LogP contribution in [-0.4, -0.2) is 24.8 Å². The van der Waals surface area contributed by atoms with Crippen LogP contribution in [0.4, 0.5) is 0 Å². The van der Waals surface area contributed by atoms with Crippen LogP contribution >= 0.6 is 0 Å². The standard InChI is InChI=1S/C14H18O3Si/c1-14(2,3)10-8-6-4-5-7-9(8)13(18-17)12(16)11(10)15/h4-7,15-17H,18H2,1-3H3. The van der Waals surface area contributed by atoms with Gasteiger partial charge in [0.2, 0.25) is 0 Å². The minimum atomic E-state index is -1.55. The summed E-state index contributed by atoms with van der Waals surface area (Å²) in [6.45, 7) is 5.97. The number of benzene rings is 2. The third-order valence-electron chi connectivity index (χ3n) is 3.18. The van der Waals surface area contributed by atoms with Crippen molar-refractivity contribution in [3.8, 4) is 11.5 Å². The van der Waals surface area contributed by atoms with Crippen LogP contribution in [0.15, 0.2) is 24.3 Å². The highest BCUT2D eigenvalue weighted by atomic mass is 28.2. The highest BCUT2D eigenvalue weighted by molar-refractivity contribution is 6.52. The molecule has 0 atom stereocenters. The van der Waals surface area contributed by atoms with E-state index in [-0.39, 0.29) is 16.9 Å². The molecule has 0 bridgehead atoms. The summed E-state index contributed by atoms with van der Waals surface area (Å²) in [7, 11) is -1.55. The molecule has 0 unspecified atom stereocenters. The van der Waals surface area contributed by atoms with Gasteiger partial charge in [-0.3, -0.25) is 0 Å². The Bertz CT molecular complexity index is 600. The summed E-state index contributed by atoms with van der Waals surface area (Å²) in [6.07, 6.45) is 0. The minimum absolute atomic E-state index is 0.0993. The molecule has 3 nitrogen and oxygen atoms in total. The first-order chi connectivity index (χ1) is 8.38. The molecule has 0 fully saturated rings. The van der Waals surface area contributed by atoms with Crippen molar-refractivity contribution in [1.29, 1.82) is 0 Å². The lowest BCUT2D eigenvalue weighted by Crippen LogP contribution is -2.20. The fourth-order valence-electron chi connectivity index (χ4n) is 2.40. The van der Waals surface area contributed by atoms with Crippen LogP contribution in [-0.2, 0) is 5.41 Å². The zero-order chi connectivity index (χ0) is 13.5. The van der Waals surface area contributed by atoms with Gasteiger partial charge in [0.1, 0.15) is 0 Å². The molecule has 0 heterocycles. The Balaban J connectivity index is 3.00. The lowest BCUT2D eigenvalue weighted by molar-refractivity contribution is 0.393. The van der Waals surface area contributed by atoms with Crippen molar-refractivity contribution in [3.05, 3.63) is 29.8 Å². The molecular formula is C14H18O3Si. The van der Waals surface area contributed by atoms with E-state index in [1.807, 2.05) is 45.0 Å². The van der Waals surface area contributed by atoms with Crippen LogP contribution in [0.3, 0.4) is 0 Å². The highest BCUT2D eigenvalue weighted by Gasteiger charge is 2.26. The largest absolute Gasteiger partial charge is 0.504 e. The van der Waals surface area contributed by atoms with E-state index in [4.69, 9.17) is 0 Å². The van der Waals surface area contributed by atoms with Crippen molar-refractivity contribution in [2.75, 3.05) is 0 Å². The third-order valence-corrected chi connectivity index (χ3v) is 4.21. The second-order valence-electron chi connectivity index (χ2n) is 5.50. The van der Waals surface area contributed by atoms with Crippen LogP contribution in [0.2, 0.25) is 0 Å². The molecule has 0 aliphatic carbocycles. The van der Waals surface area contributed by atoms with Crippen molar-refractivity contribution in [3.63, 3.8) is 0 Å². The second-order valence-corrected chi connectivity index (χ2v) is 6.53. The maximum absolute atomic E-state index is 10.2. The molecule has 2 rings (SSSR count). The van der Waals surface area contributed by atoms with E-state index in [0.29, 0.717) is 5.19 Å². The van der Waals surface area contributed by atoms with Gasteiger partial charge in [0, 0.05) is 10.8 Å². The molecule has 0 aliphatic rings. The first-order valence-corrected chi connectivity index (χ1v) is 7.28. The molecule has 0 aliphatic heterocycles. The van der Waals surface area contributed by atoms with Crippen molar-refractivity contribution < 1.29 is 15.0 Å². The van der Waals surface area contributed by atoms with Crippen LogP contribution in [0.1, 0.15) is 26.3 Å². The molecule has 0 saturated heterocycles. The van der Waals surface area contributed by atoms with Crippen molar-refractivity contribution >= 4 is 25.7 Å². The predicted molar refractivity (Wildman–Crippen MR) is 76.4 cm³/mol. The first-order valence-electron chi connectivity index (χ1n) is 5.94. The fraction of sp³-hybridized carbons (Fsp3) is 0.286. The Morgan fingerprint density at radius 1 is 0.944 bits per heavy atom. The molecule has 0 aromatic heterocycles. The number of fused-ring (bicyclic) bond motifs is 1. The van der Waals surface area contributed by atoms with Gasteiger partial charge in [0.15, 0.2) is 21.3 Å². The Hall–Kier alpha value is -1.52. The van der Waals surface area contributed by atoms with Gasteiger partial charge in [-0.1, -0.05) is 45.0 Å². The molecule has 4 heteroatoms. The molecule has 0 spiro atoms. The fourth-order valence-corrected chi connectivity index (χ4v) is 3.20. The zero-order valence-corrected chi connectivity index (χ0v) is 12.3. The lowest BCUT2D eigenvalue weighted by Gasteiger charge is -2.24. The highest BCUT2D eigenvalue weighted by Crippen LogP contribution is 2.41. The second kappa shape index (κ2) is 4.30. The summed E-state index contributed by atoms with van der Waals surface area (Å²) < 4.78 is 0. The first kappa shape index (κ1) is 12.9. The summed E-state index contributed by atoms with van der Waals surface area (Å²) in [5.41, 5.74) is 0.443. The molecule has 0 saturated carbocycles. The molecular weight excluding hydrogens is 244 g/mol. The predicted octanol–water partition coefficient (Wildman–Crippen LogP) is 1.25. The smallest absolute Gasteiger partial charge is 0.192 e. The van der Waals surface area contributed by atoms with Gasteiger partial charge in [-0.05, 0) is 16.2 Å². The number of phenols is 2. The summed E-state index contributed by atoms with van der Waals surface area (Å²) >= 11 is 0. The summed E-state index contributed by atoms with van der Waals surface area (Å²) in [6, 6.07) is 7.57. The third kappa shape index (κ3) is 1.87. The van der Waals surface area contributed by atoms with E-state index in [9.17, 15) is 15.0 Å². The van der Waals surface area contributed by atoms with E-state index < -0.39 is 9.76 Å². The van der Waals surface area contributed by atoms with E-state index in [0.717, 1.165) is 16.3 Å². The van der Waals surface area contributed by atoms with E-state index in [2.05, 4.69) is 0 Å². The summed E-state index contributed by atoms with van der Waals surface area (Å²) in [4.78, 5) is 9.50. The number of aromatic hydroxyl groups is 2. The molecule has 0 radical (unpaired) electrons. The molecule has 96 valence electrons. The molecule has 2 aromatic carbocycles. The normalized spacial score (nSPS) is 12.7. The van der Waals surface area contributed by atoms with E-state index >= 15 is 0 Å². The maximum Gasteiger partial charge on any atom is 0.192 e. The Morgan fingerprint density at radius 2 is 1.50 bits per heavy atom. The quantitative estimate of drug-likeness (QED) is 0.535. The molecule has 3 N–H and O–H groups in total. The SMILES string of the molecule is CC(C)(C)c1c(O)c(O)c([SiH2]O)c2ccccc12. The Labute approximate surface area is 109 Å². The number of hydrogen-bond donors (Lipinski definition) is 3. The van der Waals surface area contributed by atoms with Gasteiger partial charge in [0.05, 0.1) is 0 Å². The van der Waals surface area contributed by atoms with Gasteiger partial charge < -0.3 is 15.0 Å². The number of hydrogen-bond acceptors (Lipinski definition) is 3. The number of rotatable bonds is 1. The van der Waals surface area contributed by atoms with Gasteiger partial charge in [-0.25, -0.2) is 0 Å². The topological polar surface area (TPSA) is 60.7 Å². The van der Waals surface area contributed by atoms with Gasteiger partial charge >= 0.3 is 0 Å². The van der Waals surface area contributed by atoms with Crippen molar-refractivity contribution in [2.45, 2.75) is 26.2 Å². The monoisotopic (exact) mass is 262 g/mol. The lowest BCUT2D eigenvalue weighted by atomic mass is 9.82. The average molecular weight is 262 g/mol. The van der Waals surface area contributed by atoms with Crippen molar-refractivity contribution in [2.24, 2.45) is 0 Å². The maximum atomic E-state index is 10.2. The van der Waals surface area contributed by atoms with Crippen molar-refractivity contribution in [1.82, 2.24) is 0 Å². The van der Waals surface area contributed by atoms with E-state index in [1.165, 1.54) is 0 Å². The van der Waals surface area contributed by atoms with E-state index in [1.54, 1.807) is 0 Å². The zero-order valence-electron chi connectivity index (χ0n) is 10.9. The van der Waals surface area contributed by atoms with Gasteiger partial charge in [-0.15, -0.1) is 0 Å².